The fourth-order valence-corrected chi connectivity index (χ4v) is 3.86. The van der Waals surface area contributed by atoms with Crippen molar-refractivity contribution in [2.24, 2.45) is 0 Å². The first-order valence-corrected chi connectivity index (χ1v) is 10.2. The second-order valence-corrected chi connectivity index (χ2v) is 7.83. The maximum absolute atomic E-state index is 13.4. The van der Waals surface area contributed by atoms with E-state index in [-0.39, 0.29) is 24.0 Å². The molecule has 2 atom stereocenters. The van der Waals surface area contributed by atoms with Crippen LogP contribution in [-0.2, 0) is 4.79 Å². The van der Waals surface area contributed by atoms with Gasteiger partial charge in [-0.2, -0.15) is 0 Å². The summed E-state index contributed by atoms with van der Waals surface area (Å²) in [4.78, 5) is 36.2. The summed E-state index contributed by atoms with van der Waals surface area (Å²) in [6.45, 7) is 0.349. The summed E-state index contributed by atoms with van der Waals surface area (Å²) in [6, 6.07) is 12.5. The Balaban J connectivity index is 1.39. The van der Waals surface area contributed by atoms with Gasteiger partial charge in [-0.15, -0.1) is 0 Å². The van der Waals surface area contributed by atoms with Gasteiger partial charge in [-0.05, 0) is 49.2 Å². The van der Waals surface area contributed by atoms with E-state index in [0.29, 0.717) is 24.3 Å². The van der Waals surface area contributed by atoms with Gasteiger partial charge < -0.3 is 15.0 Å². The lowest BCUT2D eigenvalue weighted by Gasteiger charge is -2.23. The molecule has 1 N–H and O–H groups in total. The Labute approximate surface area is 174 Å². The van der Waals surface area contributed by atoms with Gasteiger partial charge in [0.2, 0.25) is 5.91 Å². The Morgan fingerprint density at radius 2 is 1.97 bits per heavy atom. The van der Waals surface area contributed by atoms with Gasteiger partial charge in [0, 0.05) is 35.8 Å². The highest BCUT2D eigenvalue weighted by Crippen LogP contribution is 2.27. The lowest BCUT2D eigenvalue weighted by Crippen LogP contribution is -2.46. The Morgan fingerprint density at radius 3 is 2.77 bits per heavy atom. The molecule has 3 aromatic rings. The van der Waals surface area contributed by atoms with E-state index in [0.717, 1.165) is 23.7 Å². The molecule has 5 rings (SSSR count). The van der Waals surface area contributed by atoms with Gasteiger partial charge in [0.15, 0.2) is 0 Å². The van der Waals surface area contributed by atoms with E-state index >= 15 is 0 Å². The summed E-state index contributed by atoms with van der Waals surface area (Å²) in [5.74, 6) is 0.356. The fourth-order valence-electron chi connectivity index (χ4n) is 3.86. The molecular weight excluding hydrogens is 380 g/mol. The first kappa shape index (κ1) is 18.5. The topological polar surface area (TPSA) is 84.4 Å². The Hall–Kier alpha value is -3.48. The van der Waals surface area contributed by atoms with E-state index in [1.54, 1.807) is 35.6 Å². The van der Waals surface area contributed by atoms with Crippen molar-refractivity contribution in [1.82, 2.24) is 20.2 Å². The van der Waals surface area contributed by atoms with Crippen LogP contribution >= 0.6 is 0 Å². The van der Waals surface area contributed by atoms with Gasteiger partial charge in [0.1, 0.15) is 17.9 Å². The molecule has 1 aliphatic heterocycles. The van der Waals surface area contributed by atoms with Gasteiger partial charge >= 0.3 is 0 Å². The average Bonchev–Trinajstić information content (AvgIpc) is 3.50. The van der Waals surface area contributed by atoms with Crippen molar-refractivity contribution in [3.05, 3.63) is 66.6 Å². The SMILES string of the molecule is O=C(NC1CC1)[C@@H]1C[C@H](Oc2cccnc2)CN1C(=O)c1ccc2ncccc2c1. The van der Waals surface area contributed by atoms with Crippen LogP contribution in [0.1, 0.15) is 29.6 Å². The van der Waals surface area contributed by atoms with Crippen molar-refractivity contribution in [3.63, 3.8) is 0 Å². The highest BCUT2D eigenvalue weighted by atomic mass is 16.5. The normalized spacial score (nSPS) is 20.9. The molecular formula is C23H22N4O3. The number of nitrogens with zero attached hydrogens (tertiary/aromatic N) is 3. The molecule has 152 valence electrons. The predicted octanol–water partition coefficient (Wildman–Crippen LogP) is 2.57. The van der Waals surface area contributed by atoms with Gasteiger partial charge in [-0.25, -0.2) is 0 Å². The highest BCUT2D eigenvalue weighted by molar-refractivity contribution is 6.00. The van der Waals surface area contributed by atoms with E-state index in [1.807, 2.05) is 30.3 Å². The van der Waals surface area contributed by atoms with Crippen molar-refractivity contribution >= 4 is 22.7 Å². The zero-order chi connectivity index (χ0) is 20.5. The van der Waals surface area contributed by atoms with Crippen LogP contribution in [0.25, 0.3) is 10.9 Å². The molecule has 1 aliphatic carbocycles. The lowest BCUT2D eigenvalue weighted by molar-refractivity contribution is -0.125. The molecule has 2 amide bonds. The molecule has 1 aromatic carbocycles. The molecule has 2 aliphatic rings. The summed E-state index contributed by atoms with van der Waals surface area (Å²) in [6.07, 6.45) is 7.23. The van der Waals surface area contributed by atoms with Crippen LogP contribution in [0.4, 0.5) is 0 Å². The highest BCUT2D eigenvalue weighted by Gasteiger charge is 2.42. The van der Waals surface area contributed by atoms with Crippen molar-refractivity contribution in [1.29, 1.82) is 0 Å². The summed E-state index contributed by atoms with van der Waals surface area (Å²) >= 11 is 0. The molecule has 7 heteroatoms. The average molecular weight is 402 g/mol. The monoisotopic (exact) mass is 402 g/mol. The third kappa shape index (κ3) is 3.83. The smallest absolute Gasteiger partial charge is 0.254 e. The first-order chi connectivity index (χ1) is 14.7. The van der Waals surface area contributed by atoms with Crippen molar-refractivity contribution in [3.8, 4) is 5.75 Å². The summed E-state index contributed by atoms with van der Waals surface area (Å²) in [5, 5.41) is 3.93. The minimum atomic E-state index is -0.552. The second-order valence-electron chi connectivity index (χ2n) is 7.83. The van der Waals surface area contributed by atoms with Crippen LogP contribution in [0.5, 0.6) is 5.75 Å². The van der Waals surface area contributed by atoms with Crippen LogP contribution in [0, 0.1) is 0 Å². The molecule has 2 fully saturated rings. The molecule has 0 radical (unpaired) electrons. The van der Waals surface area contributed by atoms with E-state index < -0.39 is 6.04 Å². The number of benzene rings is 1. The van der Waals surface area contributed by atoms with Crippen molar-refractivity contribution in [2.75, 3.05) is 6.54 Å². The summed E-state index contributed by atoms with van der Waals surface area (Å²) in [7, 11) is 0. The predicted molar refractivity (Wildman–Crippen MR) is 111 cm³/mol. The minimum Gasteiger partial charge on any atom is -0.487 e. The van der Waals surface area contributed by atoms with Crippen LogP contribution in [-0.4, -0.2) is 51.4 Å². The second kappa shape index (κ2) is 7.74. The number of likely N-dealkylation sites (tertiary alicyclic amines) is 1. The maximum Gasteiger partial charge on any atom is 0.254 e. The lowest BCUT2D eigenvalue weighted by atomic mass is 10.1. The summed E-state index contributed by atoms with van der Waals surface area (Å²) in [5.41, 5.74) is 1.37. The third-order valence-electron chi connectivity index (χ3n) is 5.54. The Morgan fingerprint density at radius 1 is 1.10 bits per heavy atom. The van der Waals surface area contributed by atoms with Crippen LogP contribution < -0.4 is 10.1 Å². The largest absolute Gasteiger partial charge is 0.487 e. The molecule has 0 spiro atoms. The number of amides is 2. The van der Waals surface area contributed by atoms with Gasteiger partial charge in [0.05, 0.1) is 18.3 Å². The molecule has 1 saturated heterocycles. The number of pyridine rings is 2. The molecule has 2 aromatic heterocycles. The van der Waals surface area contributed by atoms with Crippen LogP contribution in [0.2, 0.25) is 0 Å². The van der Waals surface area contributed by atoms with Gasteiger partial charge in [0.25, 0.3) is 5.91 Å². The van der Waals surface area contributed by atoms with E-state index in [4.69, 9.17) is 4.74 Å². The van der Waals surface area contributed by atoms with E-state index in [9.17, 15) is 9.59 Å². The zero-order valence-corrected chi connectivity index (χ0v) is 16.4. The van der Waals surface area contributed by atoms with Crippen molar-refractivity contribution < 1.29 is 14.3 Å². The zero-order valence-electron chi connectivity index (χ0n) is 16.4. The van der Waals surface area contributed by atoms with Crippen molar-refractivity contribution in [2.45, 2.75) is 37.5 Å². The number of carbonyl (C=O) groups excluding carboxylic acids is 2. The molecule has 0 unspecified atom stereocenters. The molecule has 0 bridgehead atoms. The fraction of sp³-hybridized carbons (Fsp3) is 0.304. The van der Waals surface area contributed by atoms with Crippen LogP contribution in [0.3, 0.4) is 0 Å². The number of aromatic nitrogens is 2. The number of carbonyl (C=O) groups is 2. The quantitative estimate of drug-likeness (QED) is 0.709. The third-order valence-corrected chi connectivity index (χ3v) is 5.54. The summed E-state index contributed by atoms with van der Waals surface area (Å²) < 4.78 is 6.02. The number of rotatable bonds is 5. The number of nitrogens with one attached hydrogen (secondary N) is 1. The van der Waals surface area contributed by atoms with E-state index in [1.165, 1.54) is 0 Å². The molecule has 7 nitrogen and oxygen atoms in total. The van der Waals surface area contributed by atoms with Gasteiger partial charge in [-0.1, -0.05) is 6.07 Å². The molecule has 3 heterocycles. The standard InChI is InChI=1S/C23H22N4O3/c28-22(26-17-6-7-17)21-12-19(30-18-4-2-9-24-13-18)14-27(21)23(29)16-5-8-20-15(11-16)3-1-10-25-20/h1-5,8-11,13,17,19,21H,6-7,12,14H2,(H,26,28)/t19-,21-/m0/s1. The van der Waals surface area contributed by atoms with Crippen LogP contribution in [0.15, 0.2) is 61.1 Å². The number of hydrogen-bond donors (Lipinski definition) is 1. The first-order valence-electron chi connectivity index (χ1n) is 10.2. The number of fused-ring (bicyclic) bond motifs is 1. The minimum absolute atomic E-state index is 0.106. The number of hydrogen-bond acceptors (Lipinski definition) is 5. The number of ether oxygens (including phenoxy) is 1. The molecule has 1 saturated carbocycles. The Kier molecular flexibility index (Phi) is 4.78. The molecule has 30 heavy (non-hydrogen) atoms. The van der Waals surface area contributed by atoms with E-state index in [2.05, 4.69) is 15.3 Å². The maximum atomic E-state index is 13.4. The van der Waals surface area contributed by atoms with Gasteiger partial charge in [-0.3, -0.25) is 19.6 Å². The Bertz CT molecular complexity index is 1080.